The molecule has 1 aromatic heterocycles. The summed E-state index contributed by atoms with van der Waals surface area (Å²) in [5.74, 6) is -2.44. The van der Waals surface area contributed by atoms with Gasteiger partial charge in [0.05, 0.1) is 49.3 Å². The average molecular weight is 1070 g/mol. The van der Waals surface area contributed by atoms with E-state index in [4.69, 9.17) is 19.0 Å². The number of ether oxygens (including phenoxy) is 3. The van der Waals surface area contributed by atoms with Crippen molar-refractivity contribution in [3.63, 3.8) is 0 Å². The van der Waals surface area contributed by atoms with Gasteiger partial charge < -0.3 is 44.9 Å². The summed E-state index contributed by atoms with van der Waals surface area (Å²) in [5.41, 5.74) is 2.76. The molecule has 2 fully saturated rings. The smallest absolute Gasteiger partial charge is 0.407 e. The highest BCUT2D eigenvalue weighted by atomic mass is 16.7. The number of carbonyl (C=O) groups excluding carboxylic acids is 6. The second kappa shape index (κ2) is 31.1. The molecule has 428 valence electrons. The number of likely N-dealkylation sites (tertiary alicyclic amines) is 1. The van der Waals surface area contributed by atoms with Crippen LogP contribution >= 0.6 is 0 Å². The monoisotopic (exact) mass is 1070 g/mol. The number of hydrogen-bond acceptors (Lipinski definition) is 11. The number of hydrogen-bond donors (Lipinski definition) is 4. The quantitative estimate of drug-likeness (QED) is 0.0490. The normalized spacial score (nSPS) is 18.1. The van der Waals surface area contributed by atoms with Crippen molar-refractivity contribution in [3.05, 3.63) is 71.9 Å². The van der Waals surface area contributed by atoms with Crippen molar-refractivity contribution in [1.29, 1.82) is 0 Å². The molecule has 0 aliphatic carbocycles. The standard InChI is InChI=1S/C59H92N8O10/c1-12-41(6)53(65(9)58(72)51(39(2)3)63-56(70)52(40(4)5)64(8)31-21-14-13-20-30-60-59(73)76-38-43-25-16-15-17-26-43)49(74-10)36-50(68)66-32-24-29-48(66)54(75-11)42(7)55(69)62-47(57(71)67-33-22-23-34-77-67)35-44-37-61-46-28-19-18-27-45(44)46/h15-19,25-28,37,39-42,47-49,51-54,61H,12-14,20-24,29-36,38H2,1-11H3,(H,60,73)(H,62,69)(H,63,70)/t41-,42+,47-,48-,49+,51-,52-,53-,54+/m0/s1. The molecule has 6 amide bonds. The van der Waals surface area contributed by atoms with Crippen LogP contribution in [0.25, 0.3) is 10.9 Å². The number of rotatable bonds is 30. The van der Waals surface area contributed by atoms with Crippen LogP contribution in [-0.4, -0.2) is 164 Å². The van der Waals surface area contributed by atoms with Crippen LogP contribution in [0.3, 0.4) is 0 Å². The molecular weight excluding hydrogens is 981 g/mol. The van der Waals surface area contributed by atoms with Gasteiger partial charge in [-0.2, -0.15) is 0 Å². The van der Waals surface area contributed by atoms with Gasteiger partial charge in [0, 0.05) is 64.4 Å². The number of nitrogens with zero attached hydrogens (tertiary/aromatic N) is 4. The molecule has 9 atom stereocenters. The summed E-state index contributed by atoms with van der Waals surface area (Å²) in [6.07, 6.45) is 7.46. The highest BCUT2D eigenvalue weighted by molar-refractivity contribution is 5.91. The van der Waals surface area contributed by atoms with Crippen molar-refractivity contribution in [2.45, 2.75) is 168 Å². The molecule has 4 N–H and O–H groups in total. The van der Waals surface area contributed by atoms with Crippen LogP contribution in [0.4, 0.5) is 4.79 Å². The SMILES string of the molecule is CC[C@H](C)[C@@H]([C@@H](CC(=O)N1CCC[C@H]1[C@H](OC)[C@@H](C)C(=O)N[C@@H](Cc1c[nH]c2ccccc12)C(=O)N1CCCCO1)OC)N(C)C(=O)[C@@H](NC(=O)[C@H](C(C)C)N(C)CCCCCCNC(=O)OCc1ccccc1)C(C)C. The number of hydroxylamine groups is 2. The van der Waals surface area contributed by atoms with Crippen LogP contribution in [0, 0.1) is 23.7 Å². The lowest BCUT2D eigenvalue weighted by Gasteiger charge is -2.41. The predicted molar refractivity (Wildman–Crippen MR) is 298 cm³/mol. The van der Waals surface area contributed by atoms with Gasteiger partial charge >= 0.3 is 6.09 Å². The maximum atomic E-state index is 14.7. The van der Waals surface area contributed by atoms with Crippen LogP contribution < -0.4 is 16.0 Å². The number of alkyl carbamates (subject to hydrolysis) is 1. The lowest BCUT2D eigenvalue weighted by molar-refractivity contribution is -0.199. The molecule has 2 saturated heterocycles. The Kier molecular flexibility index (Phi) is 25.2. The highest BCUT2D eigenvalue weighted by Gasteiger charge is 2.44. The summed E-state index contributed by atoms with van der Waals surface area (Å²) < 4.78 is 17.6. The number of methoxy groups -OCH3 is 2. The second-order valence-corrected chi connectivity index (χ2v) is 22.0. The molecule has 0 unspecified atom stereocenters. The maximum Gasteiger partial charge on any atom is 0.407 e. The largest absolute Gasteiger partial charge is 0.445 e. The van der Waals surface area contributed by atoms with Crippen LogP contribution in [0.15, 0.2) is 60.8 Å². The van der Waals surface area contributed by atoms with Gasteiger partial charge in [-0.25, -0.2) is 9.86 Å². The minimum Gasteiger partial charge on any atom is -0.445 e. The van der Waals surface area contributed by atoms with E-state index in [9.17, 15) is 28.8 Å². The molecular formula is C59H92N8O10. The molecule has 0 saturated carbocycles. The van der Waals surface area contributed by atoms with Gasteiger partial charge in [0.25, 0.3) is 5.91 Å². The Bertz CT molecular complexity index is 2320. The lowest BCUT2D eigenvalue weighted by Crippen LogP contribution is -2.60. The zero-order valence-electron chi connectivity index (χ0n) is 48.0. The summed E-state index contributed by atoms with van der Waals surface area (Å²) >= 11 is 0. The van der Waals surface area contributed by atoms with Crippen molar-refractivity contribution < 1.29 is 47.8 Å². The summed E-state index contributed by atoms with van der Waals surface area (Å²) in [6, 6.07) is 14.2. The summed E-state index contributed by atoms with van der Waals surface area (Å²) in [7, 11) is 6.79. The number of H-pyrrole nitrogens is 1. The third-order valence-corrected chi connectivity index (χ3v) is 15.7. The molecule has 0 radical (unpaired) electrons. The number of carbonyl (C=O) groups is 6. The first kappa shape index (κ1) is 62.3. The van der Waals surface area contributed by atoms with E-state index in [0.29, 0.717) is 52.0 Å². The van der Waals surface area contributed by atoms with E-state index in [2.05, 4.69) is 25.8 Å². The Hall–Kier alpha value is -5.56. The van der Waals surface area contributed by atoms with Gasteiger partial charge in [0.2, 0.25) is 23.6 Å². The first-order valence-electron chi connectivity index (χ1n) is 28.3. The van der Waals surface area contributed by atoms with Gasteiger partial charge in [-0.15, -0.1) is 0 Å². The van der Waals surface area contributed by atoms with E-state index < -0.39 is 54.4 Å². The molecule has 18 heteroatoms. The van der Waals surface area contributed by atoms with E-state index in [-0.39, 0.29) is 66.7 Å². The number of unbranched alkanes of at least 4 members (excludes halogenated alkanes) is 3. The van der Waals surface area contributed by atoms with Gasteiger partial charge in [0.15, 0.2) is 0 Å². The van der Waals surface area contributed by atoms with E-state index in [1.54, 1.807) is 38.0 Å². The second-order valence-electron chi connectivity index (χ2n) is 22.0. The van der Waals surface area contributed by atoms with Gasteiger partial charge in [-0.1, -0.05) is 116 Å². The minimum absolute atomic E-state index is 0.0234. The number of para-hydroxylation sites is 1. The zero-order valence-corrected chi connectivity index (χ0v) is 48.0. The topological polar surface area (TPSA) is 204 Å². The van der Waals surface area contributed by atoms with Crippen molar-refractivity contribution in [2.24, 2.45) is 23.7 Å². The molecule has 2 aliphatic heterocycles. The summed E-state index contributed by atoms with van der Waals surface area (Å²) in [6.45, 7) is 16.5. The number of aromatic nitrogens is 1. The van der Waals surface area contributed by atoms with Crippen LogP contribution in [0.2, 0.25) is 0 Å². The molecule has 0 spiro atoms. The van der Waals surface area contributed by atoms with E-state index in [1.807, 2.05) is 109 Å². The van der Waals surface area contributed by atoms with Gasteiger partial charge in [0.1, 0.15) is 18.7 Å². The fourth-order valence-corrected chi connectivity index (χ4v) is 11.2. The third-order valence-electron chi connectivity index (χ3n) is 15.7. The minimum atomic E-state index is -0.907. The van der Waals surface area contributed by atoms with Crippen LogP contribution in [0.5, 0.6) is 0 Å². The molecule has 5 rings (SSSR count). The maximum absolute atomic E-state index is 14.7. The number of fused-ring (bicyclic) bond motifs is 1. The van der Waals surface area contributed by atoms with E-state index >= 15 is 0 Å². The first-order valence-corrected chi connectivity index (χ1v) is 28.3. The Balaban J connectivity index is 1.19. The summed E-state index contributed by atoms with van der Waals surface area (Å²) in [5, 5.41) is 11.4. The fraction of sp³-hybridized carbons (Fsp3) is 0.661. The first-order chi connectivity index (χ1) is 36.9. The van der Waals surface area contributed by atoms with E-state index in [1.165, 1.54) is 5.06 Å². The molecule has 0 bridgehead atoms. The fourth-order valence-electron chi connectivity index (χ4n) is 11.2. The molecule has 3 heterocycles. The number of nitrogens with one attached hydrogen (secondary N) is 4. The molecule has 77 heavy (non-hydrogen) atoms. The Morgan fingerprint density at radius 1 is 0.818 bits per heavy atom. The predicted octanol–water partition coefficient (Wildman–Crippen LogP) is 7.25. The van der Waals surface area contributed by atoms with Crippen LogP contribution in [0.1, 0.15) is 124 Å². The van der Waals surface area contributed by atoms with Gasteiger partial charge in [-0.3, -0.25) is 33.7 Å². The molecule has 2 aromatic carbocycles. The highest BCUT2D eigenvalue weighted by Crippen LogP contribution is 2.30. The Labute approximate surface area is 458 Å². The molecule has 2 aliphatic rings. The Morgan fingerprint density at radius 2 is 1.53 bits per heavy atom. The number of amides is 6. The number of benzene rings is 2. The molecule has 3 aromatic rings. The lowest BCUT2D eigenvalue weighted by atomic mass is 9.89. The van der Waals surface area contributed by atoms with Crippen molar-refractivity contribution in [3.8, 4) is 0 Å². The number of aromatic amines is 1. The summed E-state index contributed by atoms with van der Waals surface area (Å²) in [4.78, 5) is 98.7. The molecule has 18 nitrogen and oxygen atoms in total. The third kappa shape index (κ3) is 17.5. The number of likely N-dealkylation sites (N-methyl/N-ethyl adjacent to an activating group) is 2. The van der Waals surface area contributed by atoms with Crippen molar-refractivity contribution in [2.75, 3.05) is 61.1 Å². The Morgan fingerprint density at radius 3 is 2.19 bits per heavy atom. The zero-order chi connectivity index (χ0) is 56.2. The average Bonchev–Trinajstić information content (AvgIpc) is 4.09. The van der Waals surface area contributed by atoms with Crippen molar-refractivity contribution >= 4 is 46.5 Å². The van der Waals surface area contributed by atoms with Gasteiger partial charge in [-0.05, 0) is 87.1 Å². The van der Waals surface area contributed by atoms with E-state index in [0.717, 1.165) is 60.6 Å². The van der Waals surface area contributed by atoms with Crippen LogP contribution in [-0.2, 0) is 56.0 Å². The van der Waals surface area contributed by atoms with Crippen molar-refractivity contribution in [1.82, 2.24) is 40.7 Å².